The molecule has 1 aliphatic rings. The third kappa shape index (κ3) is 3.21. The number of piperidine rings is 1. The molecule has 0 aliphatic carbocycles. The number of methoxy groups -OCH3 is 1. The first-order chi connectivity index (χ1) is 9.13. The Kier molecular flexibility index (Phi) is 4.70. The molecule has 0 saturated carbocycles. The maximum Gasteiger partial charge on any atom is 0.245 e. The van der Waals surface area contributed by atoms with Gasteiger partial charge in [-0.3, -0.25) is 4.79 Å². The summed E-state index contributed by atoms with van der Waals surface area (Å²) in [5, 5.41) is -0.595. The quantitative estimate of drug-likeness (QED) is 0.796. The molecule has 0 spiro atoms. The molecule has 2 rings (SSSR count). The van der Waals surface area contributed by atoms with E-state index in [9.17, 15) is 4.79 Å². The number of benzene rings is 1. The fraction of sp³-hybridized carbons (Fsp3) is 0.533. The monoisotopic (exact) mass is 281 g/mol. The predicted octanol–water partition coefficient (Wildman–Crippen LogP) is 3.30. The van der Waals surface area contributed by atoms with Gasteiger partial charge >= 0.3 is 0 Å². The van der Waals surface area contributed by atoms with Crippen molar-refractivity contribution in [2.75, 3.05) is 20.2 Å². The Morgan fingerprint density at radius 2 is 2.00 bits per heavy atom. The standard InChI is InChI=1S/C15H20ClNO2/c1-11-10-12(6-7-13(11)19-2)14(16)15(18)17-8-4-3-5-9-17/h6-7,10,14H,3-5,8-9H2,1-2H3. The van der Waals surface area contributed by atoms with Gasteiger partial charge in [-0.1, -0.05) is 12.1 Å². The second-order valence-electron chi connectivity index (χ2n) is 4.98. The molecule has 1 fully saturated rings. The van der Waals surface area contributed by atoms with Gasteiger partial charge in [0.1, 0.15) is 11.1 Å². The van der Waals surface area contributed by atoms with E-state index in [0.29, 0.717) is 0 Å². The Morgan fingerprint density at radius 3 is 2.58 bits per heavy atom. The smallest absolute Gasteiger partial charge is 0.245 e. The van der Waals surface area contributed by atoms with Crippen molar-refractivity contribution in [1.29, 1.82) is 0 Å². The minimum atomic E-state index is -0.595. The van der Waals surface area contributed by atoms with Crippen LogP contribution in [-0.4, -0.2) is 31.0 Å². The van der Waals surface area contributed by atoms with Crippen molar-refractivity contribution in [3.8, 4) is 5.75 Å². The average molecular weight is 282 g/mol. The zero-order valence-electron chi connectivity index (χ0n) is 11.5. The van der Waals surface area contributed by atoms with Gasteiger partial charge in [0.2, 0.25) is 5.91 Å². The molecule has 19 heavy (non-hydrogen) atoms. The number of hydrogen-bond acceptors (Lipinski definition) is 2. The van der Waals surface area contributed by atoms with Crippen LogP contribution in [-0.2, 0) is 4.79 Å². The van der Waals surface area contributed by atoms with Gasteiger partial charge in [-0.2, -0.15) is 0 Å². The van der Waals surface area contributed by atoms with Crippen LogP contribution in [0.1, 0.15) is 35.8 Å². The summed E-state index contributed by atoms with van der Waals surface area (Å²) in [5.41, 5.74) is 1.84. The van der Waals surface area contributed by atoms with E-state index in [-0.39, 0.29) is 5.91 Å². The Bertz CT molecular complexity index is 455. The lowest BCUT2D eigenvalue weighted by molar-refractivity contribution is -0.131. The topological polar surface area (TPSA) is 29.5 Å². The number of likely N-dealkylation sites (tertiary alicyclic amines) is 1. The number of nitrogens with zero attached hydrogens (tertiary/aromatic N) is 1. The SMILES string of the molecule is COc1ccc(C(Cl)C(=O)N2CCCCC2)cc1C. The maximum absolute atomic E-state index is 12.3. The average Bonchev–Trinajstić information content (AvgIpc) is 2.46. The number of hydrogen-bond donors (Lipinski definition) is 0. The summed E-state index contributed by atoms with van der Waals surface area (Å²) in [5.74, 6) is 0.837. The molecule has 1 aromatic rings. The minimum Gasteiger partial charge on any atom is -0.496 e. The van der Waals surface area contributed by atoms with E-state index in [0.717, 1.165) is 42.8 Å². The van der Waals surface area contributed by atoms with Crippen molar-refractivity contribution in [2.24, 2.45) is 0 Å². The molecule has 1 aliphatic heterocycles. The van der Waals surface area contributed by atoms with Crippen molar-refractivity contribution >= 4 is 17.5 Å². The second-order valence-corrected chi connectivity index (χ2v) is 5.41. The van der Waals surface area contributed by atoms with E-state index < -0.39 is 5.38 Å². The fourth-order valence-corrected chi connectivity index (χ4v) is 2.75. The molecule has 1 unspecified atom stereocenters. The Hall–Kier alpha value is -1.22. The zero-order valence-corrected chi connectivity index (χ0v) is 12.2. The Labute approximate surface area is 119 Å². The van der Waals surface area contributed by atoms with Crippen molar-refractivity contribution < 1.29 is 9.53 Å². The van der Waals surface area contributed by atoms with E-state index in [1.165, 1.54) is 6.42 Å². The number of ether oxygens (including phenoxy) is 1. The molecule has 0 radical (unpaired) electrons. The maximum atomic E-state index is 12.3. The molecule has 0 N–H and O–H groups in total. The number of aryl methyl sites for hydroxylation is 1. The van der Waals surface area contributed by atoms with E-state index >= 15 is 0 Å². The zero-order chi connectivity index (χ0) is 13.8. The number of alkyl halides is 1. The summed E-state index contributed by atoms with van der Waals surface area (Å²) in [7, 11) is 1.64. The first-order valence-electron chi connectivity index (χ1n) is 6.71. The van der Waals surface area contributed by atoms with Crippen LogP contribution < -0.4 is 4.74 Å². The molecular formula is C15H20ClNO2. The largest absolute Gasteiger partial charge is 0.496 e. The van der Waals surface area contributed by atoms with Crippen molar-refractivity contribution in [3.05, 3.63) is 29.3 Å². The highest BCUT2D eigenvalue weighted by atomic mass is 35.5. The summed E-state index contributed by atoms with van der Waals surface area (Å²) in [4.78, 5) is 14.2. The molecule has 1 amide bonds. The van der Waals surface area contributed by atoms with E-state index in [4.69, 9.17) is 16.3 Å². The van der Waals surface area contributed by atoms with Gasteiger partial charge in [-0.25, -0.2) is 0 Å². The highest BCUT2D eigenvalue weighted by Gasteiger charge is 2.25. The number of rotatable bonds is 3. The van der Waals surface area contributed by atoms with Crippen LogP contribution in [0.4, 0.5) is 0 Å². The Balaban J connectivity index is 2.11. The van der Waals surface area contributed by atoms with Gasteiger partial charge in [0.15, 0.2) is 0 Å². The summed E-state index contributed by atoms with van der Waals surface area (Å²) < 4.78 is 5.22. The van der Waals surface area contributed by atoms with Crippen molar-refractivity contribution in [3.63, 3.8) is 0 Å². The molecule has 4 heteroatoms. The van der Waals surface area contributed by atoms with Crippen molar-refractivity contribution in [1.82, 2.24) is 4.90 Å². The molecule has 3 nitrogen and oxygen atoms in total. The first-order valence-corrected chi connectivity index (χ1v) is 7.14. The van der Waals surface area contributed by atoms with Crippen LogP contribution in [0.3, 0.4) is 0 Å². The number of amides is 1. The van der Waals surface area contributed by atoms with Crippen LogP contribution in [0, 0.1) is 6.92 Å². The molecule has 0 aromatic heterocycles. The number of carbonyl (C=O) groups is 1. The van der Waals surface area contributed by atoms with Gasteiger partial charge in [0, 0.05) is 13.1 Å². The van der Waals surface area contributed by atoms with E-state index in [1.807, 2.05) is 30.0 Å². The molecule has 104 valence electrons. The lowest BCUT2D eigenvalue weighted by atomic mass is 10.1. The predicted molar refractivity (Wildman–Crippen MR) is 76.8 cm³/mol. The highest BCUT2D eigenvalue weighted by molar-refractivity contribution is 6.30. The normalized spacial score (nSPS) is 17.1. The molecule has 1 saturated heterocycles. The Morgan fingerprint density at radius 1 is 1.32 bits per heavy atom. The van der Waals surface area contributed by atoms with Gasteiger partial charge in [0.25, 0.3) is 0 Å². The summed E-state index contributed by atoms with van der Waals surface area (Å²) in [6.07, 6.45) is 3.37. The summed E-state index contributed by atoms with van der Waals surface area (Å²) in [6.45, 7) is 3.62. The number of halogens is 1. The summed E-state index contributed by atoms with van der Waals surface area (Å²) >= 11 is 6.33. The van der Waals surface area contributed by atoms with E-state index in [1.54, 1.807) is 7.11 Å². The van der Waals surface area contributed by atoms with Crippen LogP contribution in [0.5, 0.6) is 5.75 Å². The summed E-state index contributed by atoms with van der Waals surface area (Å²) in [6, 6.07) is 5.66. The first kappa shape index (κ1) is 14.2. The van der Waals surface area contributed by atoms with Crippen molar-refractivity contribution in [2.45, 2.75) is 31.6 Å². The molecule has 1 heterocycles. The third-order valence-electron chi connectivity index (χ3n) is 3.60. The molecular weight excluding hydrogens is 262 g/mol. The lowest BCUT2D eigenvalue weighted by Gasteiger charge is -2.28. The van der Waals surface area contributed by atoms with Gasteiger partial charge < -0.3 is 9.64 Å². The highest BCUT2D eigenvalue weighted by Crippen LogP contribution is 2.28. The molecule has 1 aromatic carbocycles. The third-order valence-corrected chi connectivity index (χ3v) is 4.03. The second kappa shape index (κ2) is 6.29. The van der Waals surface area contributed by atoms with Crippen LogP contribution in [0.15, 0.2) is 18.2 Å². The van der Waals surface area contributed by atoms with E-state index in [2.05, 4.69) is 0 Å². The molecule has 1 atom stereocenters. The fourth-order valence-electron chi connectivity index (χ4n) is 2.48. The van der Waals surface area contributed by atoms with Crippen LogP contribution in [0.2, 0.25) is 0 Å². The van der Waals surface area contributed by atoms with Gasteiger partial charge in [-0.15, -0.1) is 11.6 Å². The van der Waals surface area contributed by atoms with Crippen LogP contribution >= 0.6 is 11.6 Å². The van der Waals surface area contributed by atoms with Crippen LogP contribution in [0.25, 0.3) is 0 Å². The number of carbonyl (C=O) groups excluding carboxylic acids is 1. The van der Waals surface area contributed by atoms with Gasteiger partial charge in [0.05, 0.1) is 7.11 Å². The minimum absolute atomic E-state index is 0.0194. The lowest BCUT2D eigenvalue weighted by Crippen LogP contribution is -2.37. The van der Waals surface area contributed by atoms with Gasteiger partial charge in [-0.05, 0) is 43.4 Å². The molecule has 0 bridgehead atoms.